The number of hydrogen-bond donors (Lipinski definition) is 0. The molecule has 0 radical (unpaired) electrons. The molecule has 0 spiro atoms. The molecule has 0 unspecified atom stereocenters. The number of methoxy groups -OCH3 is 1. The molecule has 0 aliphatic carbocycles. The minimum absolute atomic E-state index is 0.133. The molecule has 2 aromatic rings. The summed E-state index contributed by atoms with van der Waals surface area (Å²) >= 11 is 10.2. The second kappa shape index (κ2) is 9.14. The number of carbonyl (C=O) groups excluding carboxylic acids is 2. The van der Waals surface area contributed by atoms with Gasteiger partial charge in [0, 0.05) is 16.6 Å². The highest BCUT2D eigenvalue weighted by molar-refractivity contribution is 9.10. The largest absolute Gasteiger partial charge is 0.497 e. The summed E-state index contributed by atoms with van der Waals surface area (Å²) in [5, 5.41) is 0. The van der Waals surface area contributed by atoms with Crippen LogP contribution in [0, 0.1) is 0 Å². The molecule has 0 aromatic heterocycles. The van der Waals surface area contributed by atoms with E-state index in [9.17, 15) is 9.59 Å². The lowest BCUT2D eigenvalue weighted by Gasteiger charge is -2.16. The molecule has 2 aromatic carbocycles. The van der Waals surface area contributed by atoms with Crippen molar-refractivity contribution in [3.63, 3.8) is 0 Å². The number of nitrogens with zero attached hydrogens (tertiary/aromatic N) is 2. The zero-order valence-corrected chi connectivity index (χ0v) is 20.4. The number of ether oxygens (including phenoxy) is 1. The summed E-state index contributed by atoms with van der Waals surface area (Å²) in [6, 6.07) is 13.3. The van der Waals surface area contributed by atoms with Gasteiger partial charge < -0.3 is 9.64 Å². The van der Waals surface area contributed by atoms with Crippen molar-refractivity contribution in [2.75, 3.05) is 18.6 Å². The molecule has 4 rings (SSSR count). The first-order valence-electron chi connectivity index (χ1n) is 9.97. The number of rotatable bonds is 6. The smallest absolute Gasteiger partial charge is 0.267 e. The van der Waals surface area contributed by atoms with Crippen LogP contribution >= 0.6 is 39.9 Å². The Hall–Kier alpha value is -2.16. The van der Waals surface area contributed by atoms with Crippen LogP contribution < -0.4 is 9.64 Å². The molecular formula is C23H21BrN2O3S2. The molecule has 2 amide bonds. The molecule has 2 aliphatic heterocycles. The maximum Gasteiger partial charge on any atom is 0.267 e. The Morgan fingerprint density at radius 2 is 1.81 bits per heavy atom. The van der Waals surface area contributed by atoms with E-state index in [2.05, 4.69) is 22.9 Å². The van der Waals surface area contributed by atoms with E-state index < -0.39 is 0 Å². The highest BCUT2D eigenvalue weighted by Gasteiger charge is 2.41. The molecule has 0 N–H and O–H groups in total. The van der Waals surface area contributed by atoms with Gasteiger partial charge in [-0.2, -0.15) is 0 Å². The first-order valence-corrected chi connectivity index (χ1v) is 12.0. The van der Waals surface area contributed by atoms with Gasteiger partial charge in [0.05, 0.1) is 29.8 Å². The summed E-state index contributed by atoms with van der Waals surface area (Å²) in [5.41, 5.74) is 3.01. The van der Waals surface area contributed by atoms with Crippen LogP contribution in [0.3, 0.4) is 0 Å². The lowest BCUT2D eigenvalue weighted by Crippen LogP contribution is -2.29. The number of thiocarbonyl (C=S) groups is 1. The predicted molar refractivity (Wildman–Crippen MR) is 132 cm³/mol. The van der Waals surface area contributed by atoms with Gasteiger partial charge in [-0.25, -0.2) is 0 Å². The van der Waals surface area contributed by atoms with E-state index in [-0.39, 0.29) is 11.8 Å². The highest BCUT2D eigenvalue weighted by atomic mass is 79.9. The molecule has 0 atom stereocenters. The third-order valence-electron chi connectivity index (χ3n) is 5.29. The minimum atomic E-state index is -0.225. The third-order valence-corrected chi connectivity index (χ3v) is 7.23. The lowest BCUT2D eigenvalue weighted by molar-refractivity contribution is -0.122. The Morgan fingerprint density at radius 3 is 2.48 bits per heavy atom. The van der Waals surface area contributed by atoms with Gasteiger partial charge >= 0.3 is 0 Å². The van der Waals surface area contributed by atoms with Crippen LogP contribution in [0.4, 0.5) is 5.69 Å². The molecule has 8 heteroatoms. The average Bonchev–Trinajstić information content (AvgIpc) is 3.19. The van der Waals surface area contributed by atoms with Gasteiger partial charge in [0.1, 0.15) is 10.1 Å². The quantitative estimate of drug-likeness (QED) is 0.381. The Balaban J connectivity index is 1.69. The second-order valence-corrected chi connectivity index (χ2v) is 9.84. The summed E-state index contributed by atoms with van der Waals surface area (Å²) in [7, 11) is 1.61. The van der Waals surface area contributed by atoms with Gasteiger partial charge in [-0.3, -0.25) is 14.5 Å². The minimum Gasteiger partial charge on any atom is -0.497 e. The highest BCUT2D eigenvalue weighted by Crippen LogP contribution is 2.45. The normalized spacial score (nSPS) is 18.2. The van der Waals surface area contributed by atoms with Crippen LogP contribution in [0.15, 0.2) is 51.8 Å². The van der Waals surface area contributed by atoms with E-state index >= 15 is 0 Å². The fourth-order valence-corrected chi connectivity index (χ4v) is 5.35. The average molecular weight is 517 g/mol. The van der Waals surface area contributed by atoms with Gasteiger partial charge in [0.15, 0.2) is 0 Å². The SMILES string of the molecule is CCCCN1C(=O)/C(=C2\SC(=S)N(Cc3ccc(OC)cc3)C2=O)c2cc(Br)ccc21. The fourth-order valence-electron chi connectivity index (χ4n) is 3.66. The number of halogens is 1. The number of thioether (sulfide) groups is 1. The van der Waals surface area contributed by atoms with Crippen molar-refractivity contribution >= 4 is 67.3 Å². The zero-order chi connectivity index (χ0) is 22.1. The molecule has 5 nitrogen and oxygen atoms in total. The van der Waals surface area contributed by atoms with E-state index in [1.54, 1.807) is 16.9 Å². The first kappa shape index (κ1) is 22.0. The van der Waals surface area contributed by atoms with E-state index in [1.807, 2.05) is 42.5 Å². The standard InChI is InChI=1S/C23H21BrN2O3S2/c1-3-4-11-25-18-10-7-15(24)12-17(18)19(21(25)27)20-22(28)26(23(30)31-20)13-14-5-8-16(29-2)9-6-14/h5-10,12H,3-4,11,13H2,1-2H3/b20-19-. The van der Waals surface area contributed by atoms with Crippen molar-refractivity contribution in [3.8, 4) is 5.75 Å². The van der Waals surface area contributed by atoms with Gasteiger partial charge in [-0.15, -0.1) is 0 Å². The van der Waals surface area contributed by atoms with Crippen molar-refractivity contribution in [2.45, 2.75) is 26.3 Å². The van der Waals surface area contributed by atoms with Gasteiger partial charge in [0.2, 0.25) is 0 Å². The Bertz CT molecular complexity index is 1100. The number of fused-ring (bicyclic) bond motifs is 1. The van der Waals surface area contributed by atoms with Crippen molar-refractivity contribution in [3.05, 3.63) is 63.0 Å². The monoisotopic (exact) mass is 516 g/mol. The Kier molecular flexibility index (Phi) is 6.50. The van der Waals surface area contributed by atoms with Crippen molar-refractivity contribution in [1.82, 2.24) is 4.90 Å². The van der Waals surface area contributed by atoms with E-state index in [1.165, 1.54) is 11.8 Å². The van der Waals surface area contributed by atoms with Crippen molar-refractivity contribution in [1.29, 1.82) is 0 Å². The van der Waals surface area contributed by atoms with Crippen LogP contribution in [0.1, 0.15) is 30.9 Å². The van der Waals surface area contributed by atoms with Crippen LogP contribution in [0.25, 0.3) is 5.57 Å². The van der Waals surface area contributed by atoms with Gasteiger partial charge in [-0.1, -0.05) is 65.4 Å². The van der Waals surface area contributed by atoms with E-state index in [0.29, 0.717) is 27.9 Å². The number of amides is 2. The first-order chi connectivity index (χ1) is 14.9. The van der Waals surface area contributed by atoms with Crippen LogP contribution in [-0.2, 0) is 16.1 Å². The summed E-state index contributed by atoms with van der Waals surface area (Å²) < 4.78 is 6.52. The molecule has 160 valence electrons. The van der Waals surface area contributed by atoms with E-state index in [0.717, 1.165) is 39.9 Å². The number of hydrogen-bond acceptors (Lipinski definition) is 5. The lowest BCUT2D eigenvalue weighted by atomic mass is 10.1. The molecular weight excluding hydrogens is 496 g/mol. The third kappa shape index (κ3) is 4.16. The molecule has 2 heterocycles. The molecule has 1 fully saturated rings. The number of unbranched alkanes of at least 4 members (excludes halogenated alkanes) is 1. The van der Waals surface area contributed by atoms with E-state index in [4.69, 9.17) is 17.0 Å². The molecule has 1 saturated heterocycles. The van der Waals surface area contributed by atoms with Crippen molar-refractivity contribution in [2.24, 2.45) is 0 Å². The summed E-state index contributed by atoms with van der Waals surface area (Å²) in [4.78, 5) is 30.4. The Labute approximate surface area is 199 Å². The molecule has 2 aliphatic rings. The topological polar surface area (TPSA) is 49.9 Å². The van der Waals surface area contributed by atoms with Crippen LogP contribution in [-0.4, -0.2) is 34.7 Å². The number of anilines is 1. The maximum atomic E-state index is 13.4. The maximum absolute atomic E-state index is 13.4. The molecule has 0 saturated carbocycles. The second-order valence-electron chi connectivity index (χ2n) is 7.28. The fraction of sp³-hybridized carbons (Fsp3) is 0.261. The van der Waals surface area contributed by atoms with Gasteiger partial charge in [0.25, 0.3) is 11.8 Å². The predicted octanol–water partition coefficient (Wildman–Crippen LogP) is 5.38. The van der Waals surface area contributed by atoms with Crippen LogP contribution in [0.2, 0.25) is 0 Å². The number of benzene rings is 2. The Morgan fingerprint density at radius 1 is 1.06 bits per heavy atom. The van der Waals surface area contributed by atoms with Crippen molar-refractivity contribution < 1.29 is 14.3 Å². The summed E-state index contributed by atoms with van der Waals surface area (Å²) in [6.45, 7) is 3.07. The van der Waals surface area contributed by atoms with Crippen LogP contribution in [0.5, 0.6) is 5.75 Å². The van der Waals surface area contributed by atoms with Gasteiger partial charge in [-0.05, 0) is 42.3 Å². The zero-order valence-electron chi connectivity index (χ0n) is 17.2. The summed E-state index contributed by atoms with van der Waals surface area (Å²) in [6.07, 6.45) is 1.88. The summed E-state index contributed by atoms with van der Waals surface area (Å²) in [5.74, 6) is 0.395. The molecule has 31 heavy (non-hydrogen) atoms. The number of carbonyl (C=O) groups is 2. The molecule has 0 bridgehead atoms.